The van der Waals surface area contributed by atoms with Crippen molar-refractivity contribution in [1.29, 1.82) is 0 Å². The summed E-state index contributed by atoms with van der Waals surface area (Å²) in [5.74, 6) is -0.0990. The first kappa shape index (κ1) is 22.9. The maximum absolute atomic E-state index is 12.2. The SMILES string of the molecule is COc1cc(C=NNC(=O)CSc2nc(C)cc(C)n2)ccc1OC(=O)c1cccnc1. The lowest BCUT2D eigenvalue weighted by Crippen LogP contribution is -2.19. The summed E-state index contributed by atoms with van der Waals surface area (Å²) < 4.78 is 10.7. The third-order valence-corrected chi connectivity index (χ3v) is 4.83. The number of hydrogen-bond acceptors (Lipinski definition) is 9. The van der Waals surface area contributed by atoms with Gasteiger partial charge in [-0.25, -0.2) is 20.2 Å². The number of ether oxygens (including phenoxy) is 2. The van der Waals surface area contributed by atoms with Crippen LogP contribution in [0.4, 0.5) is 0 Å². The van der Waals surface area contributed by atoms with Crippen LogP contribution in [0.3, 0.4) is 0 Å². The van der Waals surface area contributed by atoms with E-state index in [-0.39, 0.29) is 17.4 Å². The molecule has 9 nitrogen and oxygen atoms in total. The van der Waals surface area contributed by atoms with Crippen molar-refractivity contribution >= 4 is 29.9 Å². The second kappa shape index (κ2) is 11.0. The Morgan fingerprint density at radius 1 is 1.12 bits per heavy atom. The monoisotopic (exact) mass is 451 g/mol. The number of benzene rings is 1. The molecule has 164 valence electrons. The molecule has 2 aromatic heterocycles. The zero-order valence-corrected chi connectivity index (χ0v) is 18.5. The van der Waals surface area contributed by atoms with Gasteiger partial charge < -0.3 is 9.47 Å². The Morgan fingerprint density at radius 3 is 2.59 bits per heavy atom. The third kappa shape index (κ3) is 6.61. The average Bonchev–Trinajstić information content (AvgIpc) is 2.78. The van der Waals surface area contributed by atoms with Crippen molar-refractivity contribution in [3.8, 4) is 11.5 Å². The normalized spacial score (nSPS) is 10.7. The van der Waals surface area contributed by atoms with E-state index in [1.165, 1.54) is 31.3 Å². The first-order valence-corrected chi connectivity index (χ1v) is 10.5. The minimum Gasteiger partial charge on any atom is -0.493 e. The van der Waals surface area contributed by atoms with Crippen LogP contribution in [-0.4, -0.2) is 45.9 Å². The number of nitrogens with one attached hydrogen (secondary N) is 1. The van der Waals surface area contributed by atoms with Crippen LogP contribution >= 0.6 is 11.8 Å². The Morgan fingerprint density at radius 2 is 1.91 bits per heavy atom. The molecule has 0 atom stereocenters. The molecule has 3 rings (SSSR count). The largest absolute Gasteiger partial charge is 0.493 e. The van der Waals surface area contributed by atoms with E-state index in [0.717, 1.165) is 11.4 Å². The number of esters is 1. The van der Waals surface area contributed by atoms with Gasteiger partial charge in [0.25, 0.3) is 5.91 Å². The Balaban J connectivity index is 1.56. The highest BCUT2D eigenvalue weighted by atomic mass is 32.2. The number of nitrogens with zero attached hydrogens (tertiary/aromatic N) is 4. The number of methoxy groups -OCH3 is 1. The summed E-state index contributed by atoms with van der Waals surface area (Å²) in [7, 11) is 1.46. The lowest BCUT2D eigenvalue weighted by molar-refractivity contribution is -0.118. The van der Waals surface area contributed by atoms with Crippen molar-refractivity contribution < 1.29 is 19.1 Å². The first-order chi connectivity index (χ1) is 15.4. The lowest BCUT2D eigenvalue weighted by Gasteiger charge is -2.09. The van der Waals surface area contributed by atoms with E-state index < -0.39 is 5.97 Å². The summed E-state index contributed by atoms with van der Waals surface area (Å²) in [6.07, 6.45) is 4.45. The van der Waals surface area contributed by atoms with E-state index in [9.17, 15) is 9.59 Å². The van der Waals surface area contributed by atoms with E-state index in [1.54, 1.807) is 36.5 Å². The van der Waals surface area contributed by atoms with E-state index in [0.29, 0.717) is 22.0 Å². The van der Waals surface area contributed by atoms with Gasteiger partial charge >= 0.3 is 5.97 Å². The summed E-state index contributed by atoms with van der Waals surface area (Å²) in [5, 5.41) is 4.50. The Bertz CT molecular complexity index is 1120. The first-order valence-electron chi connectivity index (χ1n) is 9.52. The minimum atomic E-state index is -0.546. The Hall–Kier alpha value is -3.79. The zero-order chi connectivity index (χ0) is 22.9. The predicted octanol–water partition coefficient (Wildman–Crippen LogP) is 2.96. The third-order valence-electron chi connectivity index (χ3n) is 3.98. The summed E-state index contributed by atoms with van der Waals surface area (Å²) >= 11 is 1.23. The number of carbonyl (C=O) groups excluding carboxylic acids is 2. The van der Waals surface area contributed by atoms with Gasteiger partial charge in [-0.15, -0.1) is 0 Å². The number of carbonyl (C=O) groups is 2. The highest BCUT2D eigenvalue weighted by molar-refractivity contribution is 7.99. The Kier molecular flexibility index (Phi) is 7.87. The van der Waals surface area contributed by atoms with Gasteiger partial charge in [0, 0.05) is 23.8 Å². The standard InChI is InChI=1S/C22H21N5O4S/c1-14-9-15(2)26-22(25-14)32-13-20(28)27-24-11-16-6-7-18(19(10-16)30-3)31-21(29)17-5-4-8-23-12-17/h4-12H,13H2,1-3H3,(H,27,28). The molecule has 3 aromatic rings. The summed E-state index contributed by atoms with van der Waals surface area (Å²) in [6, 6.07) is 10.0. The second-order valence-corrected chi connectivity index (χ2v) is 7.50. The van der Waals surface area contributed by atoms with Crippen LogP contribution in [0, 0.1) is 13.8 Å². The molecule has 0 saturated heterocycles. The molecular formula is C22H21N5O4S. The molecule has 0 spiro atoms. The van der Waals surface area contributed by atoms with Gasteiger partial charge in [0.15, 0.2) is 16.7 Å². The number of hydrazone groups is 1. The van der Waals surface area contributed by atoms with Crippen LogP contribution in [0.15, 0.2) is 59.0 Å². The molecule has 1 N–H and O–H groups in total. The van der Waals surface area contributed by atoms with Gasteiger partial charge in [-0.05, 0) is 55.8 Å². The van der Waals surface area contributed by atoms with Gasteiger partial charge in [-0.3, -0.25) is 9.78 Å². The molecule has 0 aliphatic heterocycles. The predicted molar refractivity (Wildman–Crippen MR) is 120 cm³/mol. The maximum atomic E-state index is 12.2. The van der Waals surface area contributed by atoms with Crippen LogP contribution in [0.1, 0.15) is 27.3 Å². The van der Waals surface area contributed by atoms with E-state index in [2.05, 4.69) is 25.5 Å². The number of aryl methyl sites for hydroxylation is 2. The number of hydrogen-bond donors (Lipinski definition) is 1. The molecular weight excluding hydrogens is 430 g/mol. The fourth-order valence-electron chi connectivity index (χ4n) is 2.59. The maximum Gasteiger partial charge on any atom is 0.345 e. The number of rotatable bonds is 8. The summed E-state index contributed by atoms with van der Waals surface area (Å²) in [6.45, 7) is 3.75. The molecule has 0 radical (unpaired) electrons. The van der Waals surface area contributed by atoms with E-state index in [4.69, 9.17) is 9.47 Å². The number of thioether (sulfide) groups is 1. The fraction of sp³-hybridized carbons (Fsp3) is 0.182. The Labute approximate surface area is 189 Å². The van der Waals surface area contributed by atoms with Crippen LogP contribution in [-0.2, 0) is 4.79 Å². The van der Waals surface area contributed by atoms with Crippen LogP contribution in [0.25, 0.3) is 0 Å². The highest BCUT2D eigenvalue weighted by Crippen LogP contribution is 2.28. The molecule has 2 heterocycles. The van der Waals surface area contributed by atoms with Crippen molar-refractivity contribution in [3.05, 3.63) is 71.3 Å². The zero-order valence-electron chi connectivity index (χ0n) is 17.7. The smallest absolute Gasteiger partial charge is 0.345 e. The molecule has 0 aliphatic carbocycles. The van der Waals surface area contributed by atoms with Crippen molar-refractivity contribution in [1.82, 2.24) is 20.4 Å². The average molecular weight is 452 g/mol. The molecule has 32 heavy (non-hydrogen) atoms. The van der Waals surface area contributed by atoms with Gasteiger partial charge in [-0.1, -0.05) is 11.8 Å². The van der Waals surface area contributed by atoms with Crippen LogP contribution in [0.5, 0.6) is 11.5 Å². The molecule has 0 unspecified atom stereocenters. The van der Waals surface area contributed by atoms with Crippen LogP contribution in [0.2, 0.25) is 0 Å². The number of amides is 1. The van der Waals surface area contributed by atoms with Crippen LogP contribution < -0.4 is 14.9 Å². The van der Waals surface area contributed by atoms with Gasteiger partial charge in [0.05, 0.1) is 24.6 Å². The van der Waals surface area contributed by atoms with Gasteiger partial charge in [0.1, 0.15) is 0 Å². The van der Waals surface area contributed by atoms with Crippen molar-refractivity contribution in [3.63, 3.8) is 0 Å². The molecule has 1 aromatic carbocycles. The fourth-order valence-corrected chi connectivity index (χ4v) is 3.33. The summed E-state index contributed by atoms with van der Waals surface area (Å²) in [5.41, 5.74) is 5.13. The molecule has 0 fully saturated rings. The topological polar surface area (TPSA) is 116 Å². The van der Waals surface area contributed by atoms with Gasteiger partial charge in [0.2, 0.25) is 0 Å². The highest BCUT2D eigenvalue weighted by Gasteiger charge is 2.13. The van der Waals surface area contributed by atoms with E-state index in [1.807, 2.05) is 19.9 Å². The second-order valence-electron chi connectivity index (χ2n) is 6.56. The molecule has 10 heteroatoms. The molecule has 0 saturated carbocycles. The molecule has 1 amide bonds. The molecule has 0 bridgehead atoms. The quantitative estimate of drug-likeness (QED) is 0.139. The van der Waals surface area contributed by atoms with Crippen molar-refractivity contribution in [2.75, 3.05) is 12.9 Å². The molecule has 0 aliphatic rings. The lowest BCUT2D eigenvalue weighted by atomic mass is 10.2. The van der Waals surface area contributed by atoms with E-state index >= 15 is 0 Å². The van der Waals surface area contributed by atoms with Gasteiger partial charge in [-0.2, -0.15) is 5.10 Å². The summed E-state index contributed by atoms with van der Waals surface area (Å²) in [4.78, 5) is 36.7. The number of aromatic nitrogens is 3. The van der Waals surface area contributed by atoms with Crippen molar-refractivity contribution in [2.45, 2.75) is 19.0 Å². The number of pyridine rings is 1. The minimum absolute atomic E-state index is 0.132. The van der Waals surface area contributed by atoms with Crippen molar-refractivity contribution in [2.24, 2.45) is 5.10 Å².